The number of fused-ring (bicyclic) bond motifs is 1. The number of urea groups is 1. The Bertz CT molecular complexity index is 549. The van der Waals surface area contributed by atoms with E-state index >= 15 is 0 Å². The van der Waals surface area contributed by atoms with Crippen molar-refractivity contribution >= 4 is 6.03 Å². The predicted octanol–water partition coefficient (Wildman–Crippen LogP) is 2.77. The van der Waals surface area contributed by atoms with Gasteiger partial charge >= 0.3 is 6.03 Å². The Labute approximate surface area is 136 Å². The first-order valence-corrected chi connectivity index (χ1v) is 8.35. The van der Waals surface area contributed by atoms with Gasteiger partial charge in [0.1, 0.15) is 12.4 Å². The van der Waals surface area contributed by atoms with Gasteiger partial charge in [0.25, 0.3) is 0 Å². The standard InChI is InChI=1S/C17H24N2O4/c1-2-13-5-3-4-9-19(13)17(20)18-8-10-21-14-6-7-15-16(11-14)23-12-22-15/h6-7,11,13H,2-5,8-10,12H2,1H3,(H,18,20). The van der Waals surface area contributed by atoms with Crippen LogP contribution in [0.15, 0.2) is 18.2 Å². The maximum absolute atomic E-state index is 12.3. The molecule has 2 heterocycles. The van der Waals surface area contributed by atoms with E-state index in [1.165, 1.54) is 6.42 Å². The lowest BCUT2D eigenvalue weighted by molar-refractivity contribution is 0.147. The lowest BCUT2D eigenvalue weighted by Crippen LogP contribution is -2.49. The van der Waals surface area contributed by atoms with Gasteiger partial charge in [-0.1, -0.05) is 6.92 Å². The smallest absolute Gasteiger partial charge is 0.317 e. The molecule has 6 heteroatoms. The minimum absolute atomic E-state index is 0.0193. The minimum atomic E-state index is 0.0193. The van der Waals surface area contributed by atoms with Crippen molar-refractivity contribution in [3.05, 3.63) is 18.2 Å². The largest absolute Gasteiger partial charge is 0.492 e. The number of amides is 2. The van der Waals surface area contributed by atoms with Crippen molar-refractivity contribution in [3.63, 3.8) is 0 Å². The highest BCUT2D eigenvalue weighted by molar-refractivity contribution is 5.74. The minimum Gasteiger partial charge on any atom is -0.492 e. The normalized spacial score (nSPS) is 19.5. The lowest BCUT2D eigenvalue weighted by atomic mass is 10.0. The monoisotopic (exact) mass is 320 g/mol. The zero-order chi connectivity index (χ0) is 16.1. The molecule has 126 valence electrons. The molecular weight excluding hydrogens is 296 g/mol. The lowest BCUT2D eigenvalue weighted by Gasteiger charge is -2.35. The molecule has 2 aliphatic heterocycles. The van der Waals surface area contributed by atoms with Gasteiger partial charge in [0.05, 0.1) is 6.54 Å². The molecule has 3 rings (SSSR count). The molecule has 1 aromatic rings. The maximum Gasteiger partial charge on any atom is 0.317 e. The van der Waals surface area contributed by atoms with E-state index in [0.29, 0.717) is 30.7 Å². The van der Waals surface area contributed by atoms with Crippen LogP contribution in [0.5, 0.6) is 17.2 Å². The van der Waals surface area contributed by atoms with Gasteiger partial charge in [-0.15, -0.1) is 0 Å². The number of carbonyl (C=O) groups is 1. The summed E-state index contributed by atoms with van der Waals surface area (Å²) in [4.78, 5) is 14.2. The average Bonchev–Trinajstić information content (AvgIpc) is 3.06. The number of ether oxygens (including phenoxy) is 3. The molecule has 2 amide bonds. The SMILES string of the molecule is CCC1CCCCN1C(=O)NCCOc1ccc2c(c1)OCO2. The molecule has 0 radical (unpaired) electrons. The van der Waals surface area contributed by atoms with E-state index in [1.807, 2.05) is 23.1 Å². The zero-order valence-electron chi connectivity index (χ0n) is 13.5. The van der Waals surface area contributed by atoms with Gasteiger partial charge in [0.2, 0.25) is 6.79 Å². The number of benzene rings is 1. The van der Waals surface area contributed by atoms with Crippen molar-refractivity contribution in [2.75, 3.05) is 26.5 Å². The fraction of sp³-hybridized carbons (Fsp3) is 0.588. The number of rotatable bonds is 5. The molecule has 1 unspecified atom stereocenters. The first-order valence-electron chi connectivity index (χ1n) is 8.35. The molecule has 1 atom stereocenters. The molecule has 23 heavy (non-hydrogen) atoms. The van der Waals surface area contributed by atoms with Crippen molar-refractivity contribution in [2.24, 2.45) is 0 Å². The van der Waals surface area contributed by atoms with Gasteiger partial charge in [-0.3, -0.25) is 0 Å². The second-order valence-electron chi connectivity index (χ2n) is 5.85. The summed E-state index contributed by atoms with van der Waals surface area (Å²) in [5, 5.41) is 2.95. The Balaban J connectivity index is 1.41. The van der Waals surface area contributed by atoms with Crippen LogP contribution in [0.25, 0.3) is 0 Å². The van der Waals surface area contributed by atoms with Gasteiger partial charge in [-0.05, 0) is 37.8 Å². The molecule has 6 nitrogen and oxygen atoms in total. The summed E-state index contributed by atoms with van der Waals surface area (Å²) in [7, 11) is 0. The van der Waals surface area contributed by atoms with E-state index < -0.39 is 0 Å². The third-order valence-electron chi connectivity index (χ3n) is 4.35. The molecule has 0 saturated carbocycles. The molecule has 1 N–H and O–H groups in total. The van der Waals surface area contributed by atoms with Gasteiger partial charge in [-0.2, -0.15) is 0 Å². The van der Waals surface area contributed by atoms with Gasteiger partial charge in [0.15, 0.2) is 11.5 Å². The molecule has 2 aliphatic rings. The Morgan fingerprint density at radius 1 is 1.35 bits per heavy atom. The third-order valence-corrected chi connectivity index (χ3v) is 4.35. The van der Waals surface area contributed by atoms with Crippen molar-refractivity contribution in [2.45, 2.75) is 38.6 Å². The van der Waals surface area contributed by atoms with Crippen LogP contribution in [0.2, 0.25) is 0 Å². The molecule has 0 bridgehead atoms. The van der Waals surface area contributed by atoms with E-state index in [0.717, 1.165) is 31.6 Å². The first kappa shape index (κ1) is 15.8. The Morgan fingerprint density at radius 2 is 2.22 bits per heavy atom. The van der Waals surface area contributed by atoms with Gasteiger partial charge in [0, 0.05) is 18.7 Å². The Hall–Kier alpha value is -2.11. The van der Waals surface area contributed by atoms with Crippen LogP contribution >= 0.6 is 0 Å². The summed E-state index contributed by atoms with van der Waals surface area (Å²) in [5.74, 6) is 2.15. The Morgan fingerprint density at radius 3 is 3.09 bits per heavy atom. The number of hydrogen-bond donors (Lipinski definition) is 1. The van der Waals surface area contributed by atoms with Gasteiger partial charge in [-0.25, -0.2) is 4.79 Å². The van der Waals surface area contributed by atoms with Crippen molar-refractivity contribution in [1.82, 2.24) is 10.2 Å². The highest BCUT2D eigenvalue weighted by atomic mass is 16.7. The highest BCUT2D eigenvalue weighted by Crippen LogP contribution is 2.34. The summed E-state index contributed by atoms with van der Waals surface area (Å²) in [6, 6.07) is 5.87. The molecule has 0 aliphatic carbocycles. The number of piperidine rings is 1. The van der Waals surface area contributed by atoms with Crippen molar-refractivity contribution in [3.8, 4) is 17.2 Å². The van der Waals surface area contributed by atoms with Crippen LogP contribution < -0.4 is 19.5 Å². The van der Waals surface area contributed by atoms with E-state index in [-0.39, 0.29) is 12.8 Å². The fourth-order valence-corrected chi connectivity index (χ4v) is 3.09. The molecule has 1 fully saturated rings. The van der Waals surface area contributed by atoms with E-state index in [4.69, 9.17) is 14.2 Å². The van der Waals surface area contributed by atoms with Gasteiger partial charge < -0.3 is 24.4 Å². The molecule has 1 aromatic carbocycles. The van der Waals surface area contributed by atoms with Crippen molar-refractivity contribution in [1.29, 1.82) is 0 Å². The highest BCUT2D eigenvalue weighted by Gasteiger charge is 2.24. The summed E-state index contributed by atoms with van der Waals surface area (Å²) < 4.78 is 16.2. The van der Waals surface area contributed by atoms with Crippen LogP contribution in [0, 0.1) is 0 Å². The molecule has 0 aromatic heterocycles. The first-order chi connectivity index (χ1) is 11.3. The third kappa shape index (κ3) is 3.81. The molecule has 1 saturated heterocycles. The Kier molecular flexibility index (Phi) is 5.10. The van der Waals surface area contributed by atoms with E-state index in [9.17, 15) is 4.79 Å². The number of nitrogens with one attached hydrogen (secondary N) is 1. The summed E-state index contributed by atoms with van der Waals surface area (Å²) in [6.45, 7) is 4.16. The number of carbonyl (C=O) groups excluding carboxylic acids is 1. The summed E-state index contributed by atoms with van der Waals surface area (Å²) in [6.07, 6.45) is 4.44. The summed E-state index contributed by atoms with van der Waals surface area (Å²) >= 11 is 0. The van der Waals surface area contributed by atoms with Crippen LogP contribution in [-0.2, 0) is 0 Å². The van der Waals surface area contributed by atoms with E-state index in [2.05, 4.69) is 12.2 Å². The fourth-order valence-electron chi connectivity index (χ4n) is 3.09. The second kappa shape index (κ2) is 7.44. The quantitative estimate of drug-likeness (QED) is 0.848. The zero-order valence-corrected chi connectivity index (χ0v) is 13.5. The second-order valence-corrected chi connectivity index (χ2v) is 5.85. The number of hydrogen-bond acceptors (Lipinski definition) is 4. The van der Waals surface area contributed by atoms with Crippen molar-refractivity contribution < 1.29 is 19.0 Å². The van der Waals surface area contributed by atoms with Crippen LogP contribution in [0.4, 0.5) is 4.79 Å². The molecular formula is C17H24N2O4. The maximum atomic E-state index is 12.3. The van der Waals surface area contributed by atoms with Crippen LogP contribution in [0.3, 0.4) is 0 Å². The average molecular weight is 320 g/mol. The van der Waals surface area contributed by atoms with E-state index in [1.54, 1.807) is 0 Å². The van der Waals surface area contributed by atoms with Crippen LogP contribution in [0.1, 0.15) is 32.6 Å². The number of nitrogens with zero attached hydrogens (tertiary/aromatic N) is 1. The summed E-state index contributed by atoms with van der Waals surface area (Å²) in [5.41, 5.74) is 0. The topological polar surface area (TPSA) is 60.0 Å². The van der Waals surface area contributed by atoms with Crippen LogP contribution in [-0.4, -0.2) is 43.5 Å². The number of likely N-dealkylation sites (tertiary alicyclic amines) is 1. The molecule has 0 spiro atoms. The predicted molar refractivity (Wildman–Crippen MR) is 86.1 cm³/mol.